The van der Waals surface area contributed by atoms with Crippen LogP contribution in [0.2, 0.25) is 0 Å². The molecule has 0 aromatic rings. The minimum Gasteiger partial charge on any atom is -0.355 e. The Morgan fingerprint density at radius 2 is 2.10 bits per heavy atom. The van der Waals surface area contributed by atoms with Gasteiger partial charge in [-0.1, -0.05) is 6.92 Å². The van der Waals surface area contributed by atoms with Crippen LogP contribution in [-0.4, -0.2) is 40.3 Å². The minimum absolute atomic E-state index is 0. The van der Waals surface area contributed by atoms with E-state index in [1.165, 1.54) is 12.8 Å². The van der Waals surface area contributed by atoms with Crippen molar-refractivity contribution in [1.82, 2.24) is 10.6 Å². The first-order valence-electron chi connectivity index (χ1n) is 7.66. The maximum atomic E-state index is 11.9. The summed E-state index contributed by atoms with van der Waals surface area (Å²) in [5.41, 5.74) is 0. The number of carbonyl (C=O) groups is 1. The summed E-state index contributed by atoms with van der Waals surface area (Å²) in [6.07, 6.45) is 3.01. The molecule has 0 radical (unpaired) electrons. The Balaban J connectivity index is 0.00000400. The van der Waals surface area contributed by atoms with Crippen molar-refractivity contribution in [3.63, 3.8) is 0 Å². The number of hydrogen-bond acceptors (Lipinski definition) is 3. The van der Waals surface area contributed by atoms with Crippen LogP contribution in [-0.2, 0) is 15.6 Å². The molecule has 4 nitrogen and oxygen atoms in total. The van der Waals surface area contributed by atoms with Crippen LogP contribution < -0.4 is 10.6 Å². The average molecular weight is 339 g/mol. The topological polar surface area (TPSA) is 58.2 Å². The first kappa shape index (κ1) is 20.9. The van der Waals surface area contributed by atoms with E-state index in [2.05, 4.69) is 17.6 Å². The van der Waals surface area contributed by atoms with E-state index in [0.717, 1.165) is 13.1 Å². The van der Waals surface area contributed by atoms with E-state index in [1.807, 2.05) is 20.8 Å². The molecular formula is C15H31ClN2O2S. The molecule has 0 spiro atoms. The molecule has 1 aliphatic rings. The lowest BCUT2D eigenvalue weighted by Gasteiger charge is -2.28. The van der Waals surface area contributed by atoms with Crippen LogP contribution in [0.1, 0.15) is 47.0 Å². The summed E-state index contributed by atoms with van der Waals surface area (Å²) in [7, 11) is -0.895. The third-order valence-electron chi connectivity index (χ3n) is 3.94. The van der Waals surface area contributed by atoms with Crippen LogP contribution in [0, 0.1) is 11.8 Å². The number of hydrogen-bond donors (Lipinski definition) is 2. The quantitative estimate of drug-likeness (QED) is 0.779. The highest BCUT2D eigenvalue weighted by molar-refractivity contribution is 7.86. The first-order valence-corrected chi connectivity index (χ1v) is 8.98. The van der Waals surface area contributed by atoms with Gasteiger partial charge in [0.25, 0.3) is 0 Å². The van der Waals surface area contributed by atoms with Gasteiger partial charge in [-0.2, -0.15) is 0 Å². The number of amides is 1. The highest BCUT2D eigenvalue weighted by Gasteiger charge is 2.22. The van der Waals surface area contributed by atoms with Crippen molar-refractivity contribution in [3.8, 4) is 0 Å². The summed E-state index contributed by atoms with van der Waals surface area (Å²) >= 11 is 0. The molecule has 126 valence electrons. The van der Waals surface area contributed by atoms with E-state index >= 15 is 0 Å². The smallest absolute Gasteiger partial charge is 0.220 e. The Morgan fingerprint density at radius 1 is 1.43 bits per heavy atom. The van der Waals surface area contributed by atoms with E-state index in [1.54, 1.807) is 0 Å². The summed E-state index contributed by atoms with van der Waals surface area (Å²) in [4.78, 5) is 11.9. The summed E-state index contributed by atoms with van der Waals surface area (Å²) in [5.74, 6) is 1.65. The van der Waals surface area contributed by atoms with Crippen LogP contribution in [0.15, 0.2) is 0 Å². The number of nitrogens with one attached hydrogen (secondary N) is 2. The Morgan fingerprint density at radius 3 is 2.62 bits per heavy atom. The minimum atomic E-state index is -0.895. The number of piperidine rings is 1. The molecule has 3 atom stereocenters. The van der Waals surface area contributed by atoms with Gasteiger partial charge in [0.05, 0.1) is 0 Å². The normalized spacial score (nSPS) is 22.0. The molecule has 1 aliphatic heterocycles. The number of halogens is 1. The molecule has 21 heavy (non-hydrogen) atoms. The van der Waals surface area contributed by atoms with Gasteiger partial charge >= 0.3 is 0 Å². The molecule has 0 bridgehead atoms. The molecule has 0 aromatic carbocycles. The summed E-state index contributed by atoms with van der Waals surface area (Å²) in [5, 5.41) is 6.30. The standard InChI is InChI=1S/C15H30N2O2S.ClH/c1-12(13-6-5-7-16-11-13)10-14(18)17-8-9-20(19)15(2,3)4;/h12-13,16H,5-11H2,1-4H3,(H,17,18);1H. The molecule has 1 saturated heterocycles. The van der Waals surface area contributed by atoms with Crippen molar-refractivity contribution in [1.29, 1.82) is 0 Å². The first-order chi connectivity index (χ1) is 9.30. The zero-order valence-corrected chi connectivity index (χ0v) is 15.4. The summed E-state index contributed by atoms with van der Waals surface area (Å²) in [6, 6.07) is 0. The van der Waals surface area contributed by atoms with Gasteiger partial charge < -0.3 is 10.6 Å². The fourth-order valence-electron chi connectivity index (χ4n) is 2.49. The van der Waals surface area contributed by atoms with Crippen LogP contribution in [0.5, 0.6) is 0 Å². The Kier molecular flexibility index (Phi) is 9.74. The zero-order chi connectivity index (χ0) is 15.2. The van der Waals surface area contributed by atoms with Crippen molar-refractivity contribution in [2.45, 2.75) is 51.7 Å². The lowest BCUT2D eigenvalue weighted by Crippen LogP contribution is -2.37. The molecule has 1 fully saturated rings. The third-order valence-corrected chi connectivity index (χ3v) is 5.88. The summed E-state index contributed by atoms with van der Waals surface area (Å²) < 4.78 is 11.7. The monoisotopic (exact) mass is 338 g/mol. The van der Waals surface area contributed by atoms with Gasteiger partial charge in [0.2, 0.25) is 5.91 Å². The van der Waals surface area contributed by atoms with Crippen LogP contribution in [0.4, 0.5) is 0 Å². The average Bonchev–Trinajstić information content (AvgIpc) is 2.38. The van der Waals surface area contributed by atoms with Crippen molar-refractivity contribution < 1.29 is 9.00 Å². The molecule has 0 aliphatic carbocycles. The van der Waals surface area contributed by atoms with Gasteiger partial charge in [-0.05, 0) is 58.5 Å². The maximum Gasteiger partial charge on any atom is 0.220 e. The molecule has 0 saturated carbocycles. The van der Waals surface area contributed by atoms with Gasteiger partial charge in [-0.3, -0.25) is 9.00 Å². The zero-order valence-electron chi connectivity index (χ0n) is 13.7. The molecule has 3 unspecified atom stereocenters. The van der Waals surface area contributed by atoms with Crippen LogP contribution in [0.25, 0.3) is 0 Å². The van der Waals surface area contributed by atoms with Gasteiger partial charge in [-0.15, -0.1) is 12.4 Å². The molecule has 0 aromatic heterocycles. The number of carbonyl (C=O) groups excluding carboxylic acids is 1. The summed E-state index contributed by atoms with van der Waals surface area (Å²) in [6.45, 7) is 10.7. The maximum absolute atomic E-state index is 11.9. The predicted molar refractivity (Wildman–Crippen MR) is 92.4 cm³/mol. The second-order valence-corrected chi connectivity index (χ2v) is 9.12. The molecular weight excluding hydrogens is 308 g/mol. The Hall–Kier alpha value is -0.130. The van der Waals surface area contributed by atoms with Gasteiger partial charge in [0, 0.05) is 34.3 Å². The largest absolute Gasteiger partial charge is 0.355 e. The van der Waals surface area contributed by atoms with E-state index in [0.29, 0.717) is 30.6 Å². The highest BCUT2D eigenvalue weighted by atomic mass is 35.5. The van der Waals surface area contributed by atoms with Gasteiger partial charge in [-0.25, -0.2) is 0 Å². The molecule has 1 rings (SSSR count). The Labute approximate surface area is 138 Å². The van der Waals surface area contributed by atoms with Gasteiger partial charge in [0.15, 0.2) is 0 Å². The van der Waals surface area contributed by atoms with Crippen LogP contribution in [0.3, 0.4) is 0 Å². The van der Waals surface area contributed by atoms with Crippen LogP contribution >= 0.6 is 12.4 Å². The molecule has 1 amide bonds. The lowest BCUT2D eigenvalue weighted by molar-refractivity contribution is -0.122. The SMILES string of the molecule is CC(CC(=O)NCCS(=O)C(C)(C)C)C1CCCNC1.Cl. The van der Waals surface area contributed by atoms with Crippen molar-refractivity contribution in [3.05, 3.63) is 0 Å². The van der Waals surface area contributed by atoms with Crippen molar-refractivity contribution in [2.24, 2.45) is 11.8 Å². The van der Waals surface area contributed by atoms with E-state index < -0.39 is 10.8 Å². The predicted octanol–water partition coefficient (Wildman–Crippen LogP) is 2.10. The second-order valence-electron chi connectivity index (χ2n) is 6.80. The molecule has 2 N–H and O–H groups in total. The molecule has 1 heterocycles. The Bertz CT molecular complexity index is 339. The van der Waals surface area contributed by atoms with Gasteiger partial charge in [0.1, 0.15) is 0 Å². The fraction of sp³-hybridized carbons (Fsp3) is 0.933. The van der Waals surface area contributed by atoms with Crippen molar-refractivity contribution in [2.75, 3.05) is 25.4 Å². The van der Waals surface area contributed by atoms with E-state index in [-0.39, 0.29) is 23.1 Å². The van der Waals surface area contributed by atoms with E-state index in [9.17, 15) is 9.00 Å². The highest BCUT2D eigenvalue weighted by Crippen LogP contribution is 2.22. The second kappa shape index (κ2) is 9.80. The van der Waals surface area contributed by atoms with E-state index in [4.69, 9.17) is 0 Å². The third kappa shape index (κ3) is 8.17. The molecule has 6 heteroatoms. The fourth-order valence-corrected chi connectivity index (χ4v) is 3.38. The number of rotatable bonds is 6. The van der Waals surface area contributed by atoms with Crippen molar-refractivity contribution >= 4 is 29.1 Å². The lowest BCUT2D eigenvalue weighted by atomic mass is 9.85.